The van der Waals surface area contributed by atoms with E-state index in [4.69, 9.17) is 0 Å². The second kappa shape index (κ2) is 7.55. The molecule has 194 valence electrons. The van der Waals surface area contributed by atoms with Crippen molar-refractivity contribution in [3.8, 4) is 0 Å². The summed E-state index contributed by atoms with van der Waals surface area (Å²) in [5.74, 6) is 1.08. The molecule has 0 amide bonds. The number of allylic oxidation sites excluding steroid dienone is 2. The maximum absolute atomic E-state index is 11.0. The normalized spacial score (nSPS) is 56.4. The molecule has 5 aliphatic carbocycles. The fraction of sp³-hybridized carbons (Fsp3) is 0.933. The lowest BCUT2D eigenvalue weighted by molar-refractivity contribution is -0.243. The van der Waals surface area contributed by atoms with E-state index in [9.17, 15) is 20.4 Å². The summed E-state index contributed by atoms with van der Waals surface area (Å²) in [5, 5.41) is 43.0. The molecule has 2 unspecified atom stereocenters. The monoisotopic (exact) mass is 474 g/mol. The third kappa shape index (κ3) is 2.98. The zero-order chi connectivity index (χ0) is 24.9. The molecule has 0 heterocycles. The highest BCUT2D eigenvalue weighted by atomic mass is 16.3. The maximum Gasteiger partial charge on any atom is 0.0877 e. The first-order chi connectivity index (χ1) is 15.7. The van der Waals surface area contributed by atoms with Crippen LogP contribution in [0, 0.1) is 50.2 Å². The Morgan fingerprint density at radius 2 is 1.50 bits per heavy atom. The molecule has 0 radical (unpaired) electrons. The van der Waals surface area contributed by atoms with Crippen LogP contribution in [0.4, 0.5) is 0 Å². The zero-order valence-corrected chi connectivity index (χ0v) is 22.5. The van der Waals surface area contributed by atoms with Gasteiger partial charge < -0.3 is 20.4 Å². The van der Waals surface area contributed by atoms with Crippen molar-refractivity contribution >= 4 is 0 Å². The van der Waals surface area contributed by atoms with Crippen molar-refractivity contribution in [2.24, 2.45) is 50.2 Å². The van der Waals surface area contributed by atoms with Crippen molar-refractivity contribution < 1.29 is 20.4 Å². The topological polar surface area (TPSA) is 80.9 Å². The van der Waals surface area contributed by atoms with E-state index in [0.717, 1.165) is 38.5 Å². The van der Waals surface area contributed by atoms with Crippen LogP contribution in [0.3, 0.4) is 0 Å². The number of hydrogen-bond donors (Lipinski definition) is 4. The minimum absolute atomic E-state index is 0.0474. The van der Waals surface area contributed by atoms with Crippen LogP contribution in [-0.4, -0.2) is 45.8 Å². The van der Waals surface area contributed by atoms with Gasteiger partial charge in [0, 0.05) is 17.4 Å². The van der Waals surface area contributed by atoms with Crippen LogP contribution in [0.2, 0.25) is 0 Å². The molecule has 0 spiro atoms. The van der Waals surface area contributed by atoms with Crippen LogP contribution in [0.1, 0.15) is 99.3 Å². The van der Waals surface area contributed by atoms with Crippen LogP contribution in [0.25, 0.3) is 0 Å². The molecule has 0 bridgehead atoms. The Hall–Kier alpha value is -0.420. The van der Waals surface area contributed by atoms with E-state index in [0.29, 0.717) is 30.3 Å². The van der Waals surface area contributed by atoms with Crippen LogP contribution in [-0.2, 0) is 0 Å². The van der Waals surface area contributed by atoms with E-state index >= 15 is 0 Å². The van der Waals surface area contributed by atoms with Crippen LogP contribution in [0.15, 0.2) is 11.6 Å². The van der Waals surface area contributed by atoms with Gasteiger partial charge in [-0.05, 0) is 97.2 Å². The lowest BCUT2D eigenvalue weighted by Gasteiger charge is -2.71. The molecule has 0 saturated heterocycles. The third-order valence-electron chi connectivity index (χ3n) is 13.2. The molecule has 4 N–H and O–H groups in total. The van der Waals surface area contributed by atoms with Crippen molar-refractivity contribution in [2.75, 3.05) is 13.2 Å². The molecule has 10 atom stereocenters. The second-order valence-electron chi connectivity index (χ2n) is 15.1. The van der Waals surface area contributed by atoms with E-state index in [1.807, 2.05) is 6.92 Å². The quantitative estimate of drug-likeness (QED) is 0.421. The summed E-state index contributed by atoms with van der Waals surface area (Å²) >= 11 is 0. The molecular weight excluding hydrogens is 424 g/mol. The Kier molecular flexibility index (Phi) is 5.61. The second-order valence-corrected chi connectivity index (χ2v) is 15.1. The molecular formula is C30H50O4. The Balaban J connectivity index is 1.59. The summed E-state index contributed by atoms with van der Waals surface area (Å²) in [5.41, 5.74) is 1.42. The fourth-order valence-corrected chi connectivity index (χ4v) is 10.8. The van der Waals surface area contributed by atoms with Gasteiger partial charge in [0.15, 0.2) is 0 Å². The van der Waals surface area contributed by atoms with Crippen molar-refractivity contribution in [3.05, 3.63) is 11.6 Å². The van der Waals surface area contributed by atoms with Gasteiger partial charge in [0.2, 0.25) is 0 Å². The molecule has 0 aromatic carbocycles. The summed E-state index contributed by atoms with van der Waals surface area (Å²) in [7, 11) is 0. The SMILES string of the molecule is CC1(C)CC[C@]2(CO)CC[C@]3(C)C(=CC[C@@H]4[C@@]5(C)C[C@H](O)[C@H](O)C(C)(CO)C5CC[C@]43C)[C@H]2C1. The Labute approximate surface area is 207 Å². The first kappa shape index (κ1) is 25.2. The average molecular weight is 475 g/mol. The highest BCUT2D eigenvalue weighted by Gasteiger charge is 2.69. The predicted molar refractivity (Wildman–Crippen MR) is 135 cm³/mol. The first-order valence-corrected chi connectivity index (χ1v) is 14.0. The van der Waals surface area contributed by atoms with E-state index in [2.05, 4.69) is 40.7 Å². The van der Waals surface area contributed by atoms with Gasteiger partial charge in [-0.15, -0.1) is 0 Å². The summed E-state index contributed by atoms with van der Waals surface area (Å²) in [4.78, 5) is 0. The minimum atomic E-state index is -0.866. The summed E-state index contributed by atoms with van der Waals surface area (Å²) in [6, 6.07) is 0. The van der Waals surface area contributed by atoms with E-state index in [-0.39, 0.29) is 34.2 Å². The number of aliphatic hydroxyl groups excluding tert-OH is 4. The van der Waals surface area contributed by atoms with Crippen LogP contribution < -0.4 is 0 Å². The minimum Gasteiger partial charge on any atom is -0.396 e. The number of rotatable bonds is 2. The Bertz CT molecular complexity index is 866. The number of fused-ring (bicyclic) bond motifs is 7. The molecule has 0 aliphatic heterocycles. The highest BCUT2D eigenvalue weighted by Crippen LogP contribution is 2.75. The summed E-state index contributed by atoms with van der Waals surface area (Å²) in [6.07, 6.45) is 10.4. The first-order valence-electron chi connectivity index (χ1n) is 14.0. The Morgan fingerprint density at radius 1 is 0.824 bits per heavy atom. The molecule has 0 aromatic heterocycles. The average Bonchev–Trinajstić information content (AvgIpc) is 2.77. The fourth-order valence-electron chi connectivity index (χ4n) is 10.8. The van der Waals surface area contributed by atoms with Crippen LogP contribution >= 0.6 is 0 Å². The van der Waals surface area contributed by atoms with Gasteiger partial charge in [0.1, 0.15) is 0 Å². The van der Waals surface area contributed by atoms with Crippen molar-refractivity contribution in [1.29, 1.82) is 0 Å². The van der Waals surface area contributed by atoms with Gasteiger partial charge in [0.05, 0.1) is 18.8 Å². The van der Waals surface area contributed by atoms with E-state index in [1.165, 1.54) is 12.8 Å². The lowest BCUT2D eigenvalue weighted by atomic mass is 9.33. The maximum atomic E-state index is 11.0. The van der Waals surface area contributed by atoms with E-state index in [1.54, 1.807) is 5.57 Å². The van der Waals surface area contributed by atoms with Crippen molar-refractivity contribution in [3.63, 3.8) is 0 Å². The van der Waals surface area contributed by atoms with Gasteiger partial charge in [-0.25, -0.2) is 0 Å². The van der Waals surface area contributed by atoms with Crippen molar-refractivity contribution in [2.45, 2.75) is 112 Å². The molecule has 5 rings (SSSR count). The van der Waals surface area contributed by atoms with Gasteiger partial charge in [-0.3, -0.25) is 0 Å². The smallest absolute Gasteiger partial charge is 0.0877 e. The highest BCUT2D eigenvalue weighted by molar-refractivity contribution is 5.34. The van der Waals surface area contributed by atoms with Crippen LogP contribution in [0.5, 0.6) is 0 Å². The summed E-state index contributed by atoms with van der Waals surface area (Å²) < 4.78 is 0. The van der Waals surface area contributed by atoms with Gasteiger partial charge >= 0.3 is 0 Å². The molecule has 4 nitrogen and oxygen atoms in total. The largest absolute Gasteiger partial charge is 0.396 e. The van der Waals surface area contributed by atoms with Gasteiger partial charge in [-0.2, -0.15) is 0 Å². The lowest BCUT2D eigenvalue weighted by Crippen LogP contribution is -2.68. The molecule has 4 heteroatoms. The molecule has 4 saturated carbocycles. The zero-order valence-electron chi connectivity index (χ0n) is 22.5. The molecule has 5 aliphatic rings. The summed E-state index contributed by atoms with van der Waals surface area (Å²) in [6.45, 7) is 14.4. The van der Waals surface area contributed by atoms with Gasteiger partial charge in [0.25, 0.3) is 0 Å². The predicted octanol–water partition coefficient (Wildman–Crippen LogP) is 5.08. The van der Waals surface area contributed by atoms with Crippen molar-refractivity contribution in [1.82, 2.24) is 0 Å². The standard InChI is InChI=1S/C30H50O4/c1-25(2)11-13-30(18-32)14-12-28(5)19(20(30)15-25)7-8-23-26(3)16-21(33)24(34)27(4,17-31)22(26)9-10-29(23,28)6/h7,20-24,31-34H,8-18H2,1-6H3/t20-,21+,22?,23-,24+,26+,27?,28-,29-,30-/m1/s1. The van der Waals surface area contributed by atoms with Gasteiger partial charge in [-0.1, -0.05) is 53.2 Å². The third-order valence-corrected chi connectivity index (χ3v) is 13.2. The molecule has 34 heavy (non-hydrogen) atoms. The Morgan fingerprint density at radius 3 is 2.15 bits per heavy atom. The molecule has 4 fully saturated rings. The molecule has 0 aromatic rings. The number of aliphatic hydroxyl groups is 4. The number of hydrogen-bond acceptors (Lipinski definition) is 4. The van der Waals surface area contributed by atoms with E-state index < -0.39 is 17.6 Å².